The second-order valence-electron chi connectivity index (χ2n) is 14.0. The van der Waals surface area contributed by atoms with Crippen molar-refractivity contribution in [2.24, 2.45) is 0 Å². The maximum atomic E-state index is 5.82. The van der Waals surface area contributed by atoms with Gasteiger partial charge in [0.05, 0.1) is 24.1 Å². The second-order valence-corrected chi connectivity index (χ2v) is 14.0. The summed E-state index contributed by atoms with van der Waals surface area (Å²) in [5.74, 6) is 3.26. The third-order valence-electron chi connectivity index (χ3n) is 10.0. The van der Waals surface area contributed by atoms with Crippen LogP contribution in [0.2, 0.25) is 0 Å². The molecule has 2 saturated heterocycles. The Hall–Kier alpha value is -3.62. The van der Waals surface area contributed by atoms with Crippen LogP contribution in [0.25, 0.3) is 0 Å². The number of benzene rings is 2. The molecule has 4 aromatic rings. The topological polar surface area (TPSA) is 78.2 Å². The SMILES string of the molecule is CCCCOc1ccc(Cc2cc(C3CCNCC3)n(CC)n2)cc1.CCn1nc(Cc2ccc(OC3CC3)cc2)cc1C1CCNCC1. The van der Waals surface area contributed by atoms with Gasteiger partial charge in [0.2, 0.25) is 0 Å². The van der Waals surface area contributed by atoms with Gasteiger partial charge in [0, 0.05) is 49.2 Å². The summed E-state index contributed by atoms with van der Waals surface area (Å²) in [5, 5.41) is 16.6. The molecule has 3 fully saturated rings. The molecule has 0 bridgehead atoms. The molecule has 0 unspecified atom stereocenters. The zero-order valence-electron chi connectivity index (χ0n) is 30.1. The van der Waals surface area contributed by atoms with Crippen LogP contribution in [0, 0.1) is 0 Å². The Morgan fingerprint density at radius 1 is 0.633 bits per heavy atom. The van der Waals surface area contributed by atoms with Gasteiger partial charge in [0.25, 0.3) is 0 Å². The lowest BCUT2D eigenvalue weighted by Crippen LogP contribution is -2.27. The first kappa shape index (κ1) is 35.2. The normalized spacial score (nSPS) is 17.0. The van der Waals surface area contributed by atoms with Crippen molar-refractivity contribution in [2.45, 2.75) is 116 Å². The Labute approximate surface area is 294 Å². The van der Waals surface area contributed by atoms with Crippen LogP contribution in [0.5, 0.6) is 11.5 Å². The number of rotatable bonds is 14. The predicted molar refractivity (Wildman–Crippen MR) is 198 cm³/mol. The molecule has 3 aliphatic rings. The molecule has 8 heteroatoms. The molecular formula is C41H58N6O2. The van der Waals surface area contributed by atoms with Crippen LogP contribution in [0.3, 0.4) is 0 Å². The lowest BCUT2D eigenvalue weighted by molar-refractivity contribution is 0.303. The maximum Gasteiger partial charge on any atom is 0.119 e. The first-order valence-electron chi connectivity index (χ1n) is 19.1. The Morgan fingerprint density at radius 2 is 1.10 bits per heavy atom. The molecule has 49 heavy (non-hydrogen) atoms. The van der Waals surface area contributed by atoms with Gasteiger partial charge in [0.15, 0.2) is 0 Å². The number of nitrogens with zero attached hydrogens (tertiary/aromatic N) is 4. The van der Waals surface area contributed by atoms with Gasteiger partial charge in [-0.15, -0.1) is 0 Å². The molecule has 2 aliphatic heterocycles. The van der Waals surface area contributed by atoms with E-state index in [0.29, 0.717) is 17.9 Å². The second kappa shape index (κ2) is 17.9. The third kappa shape index (κ3) is 10.2. The maximum absolute atomic E-state index is 5.82. The van der Waals surface area contributed by atoms with E-state index in [-0.39, 0.29) is 0 Å². The summed E-state index contributed by atoms with van der Waals surface area (Å²) in [6.07, 6.45) is 11.8. The lowest BCUT2D eigenvalue weighted by Gasteiger charge is -2.23. The van der Waals surface area contributed by atoms with Crippen molar-refractivity contribution in [1.29, 1.82) is 0 Å². The Balaban J connectivity index is 0.000000170. The lowest BCUT2D eigenvalue weighted by atomic mass is 9.94. The molecular weight excluding hydrogens is 608 g/mol. The number of nitrogens with one attached hydrogen (secondary N) is 2. The molecule has 264 valence electrons. The monoisotopic (exact) mass is 666 g/mol. The number of aryl methyl sites for hydroxylation is 2. The highest BCUT2D eigenvalue weighted by molar-refractivity contribution is 5.32. The molecule has 4 heterocycles. The summed E-state index contributed by atoms with van der Waals surface area (Å²) in [4.78, 5) is 0. The largest absolute Gasteiger partial charge is 0.494 e. The van der Waals surface area contributed by atoms with Crippen LogP contribution in [-0.2, 0) is 25.9 Å². The summed E-state index contributed by atoms with van der Waals surface area (Å²) in [6, 6.07) is 21.7. The number of hydrogen-bond acceptors (Lipinski definition) is 6. The fraction of sp³-hybridized carbons (Fsp3) is 0.561. The summed E-state index contributed by atoms with van der Waals surface area (Å²) in [6.45, 7) is 13.7. The first-order valence-corrected chi connectivity index (χ1v) is 19.1. The van der Waals surface area contributed by atoms with Gasteiger partial charge < -0.3 is 20.1 Å². The molecule has 2 aromatic heterocycles. The zero-order chi connectivity index (χ0) is 33.8. The van der Waals surface area contributed by atoms with Gasteiger partial charge in [-0.3, -0.25) is 9.36 Å². The van der Waals surface area contributed by atoms with E-state index in [9.17, 15) is 0 Å². The van der Waals surface area contributed by atoms with Gasteiger partial charge in [-0.25, -0.2) is 0 Å². The average molecular weight is 667 g/mol. The van der Waals surface area contributed by atoms with E-state index in [1.165, 1.54) is 72.4 Å². The van der Waals surface area contributed by atoms with E-state index in [0.717, 1.165) is 83.1 Å². The van der Waals surface area contributed by atoms with Gasteiger partial charge in [-0.05, 0) is 132 Å². The van der Waals surface area contributed by atoms with Crippen molar-refractivity contribution in [3.05, 3.63) is 94.6 Å². The highest BCUT2D eigenvalue weighted by Crippen LogP contribution is 2.29. The van der Waals surface area contributed by atoms with Gasteiger partial charge >= 0.3 is 0 Å². The summed E-state index contributed by atoms with van der Waals surface area (Å²) < 4.78 is 16.0. The van der Waals surface area contributed by atoms with Crippen LogP contribution in [0.4, 0.5) is 0 Å². The van der Waals surface area contributed by atoms with Gasteiger partial charge in [0.1, 0.15) is 11.5 Å². The Bertz CT molecular complexity index is 1540. The first-order chi connectivity index (χ1) is 24.1. The Morgan fingerprint density at radius 3 is 1.53 bits per heavy atom. The van der Waals surface area contributed by atoms with E-state index >= 15 is 0 Å². The predicted octanol–water partition coefficient (Wildman–Crippen LogP) is 7.64. The number of unbranched alkanes of at least 4 members (excludes halogenated alkanes) is 1. The molecule has 7 rings (SSSR count). The minimum atomic E-state index is 0.462. The minimum Gasteiger partial charge on any atom is -0.494 e. The average Bonchev–Trinajstić information content (AvgIpc) is 3.72. The summed E-state index contributed by atoms with van der Waals surface area (Å²) in [5.41, 5.74) is 7.79. The van der Waals surface area contributed by atoms with Crippen molar-refractivity contribution in [2.75, 3.05) is 32.8 Å². The van der Waals surface area contributed by atoms with E-state index < -0.39 is 0 Å². The molecule has 0 atom stereocenters. The summed E-state index contributed by atoms with van der Waals surface area (Å²) in [7, 11) is 0. The van der Waals surface area contributed by atoms with E-state index in [4.69, 9.17) is 19.7 Å². The quantitative estimate of drug-likeness (QED) is 0.135. The molecule has 1 saturated carbocycles. The van der Waals surface area contributed by atoms with Crippen LogP contribution in [-0.4, -0.2) is 58.5 Å². The highest BCUT2D eigenvalue weighted by atomic mass is 16.5. The fourth-order valence-corrected chi connectivity index (χ4v) is 7.07. The van der Waals surface area contributed by atoms with Gasteiger partial charge in [-0.1, -0.05) is 37.6 Å². The molecule has 8 nitrogen and oxygen atoms in total. The van der Waals surface area contributed by atoms with E-state index in [1.54, 1.807) is 0 Å². The number of ether oxygens (including phenoxy) is 2. The van der Waals surface area contributed by atoms with Crippen molar-refractivity contribution < 1.29 is 9.47 Å². The van der Waals surface area contributed by atoms with Crippen LogP contribution >= 0.6 is 0 Å². The number of hydrogen-bond donors (Lipinski definition) is 2. The van der Waals surface area contributed by atoms with E-state index in [2.05, 4.69) is 101 Å². The molecule has 2 aromatic carbocycles. The fourth-order valence-electron chi connectivity index (χ4n) is 7.07. The molecule has 2 N–H and O–H groups in total. The summed E-state index contributed by atoms with van der Waals surface area (Å²) >= 11 is 0. The van der Waals surface area contributed by atoms with Crippen LogP contribution in [0.1, 0.15) is 118 Å². The van der Waals surface area contributed by atoms with Crippen molar-refractivity contribution in [3.63, 3.8) is 0 Å². The van der Waals surface area contributed by atoms with E-state index in [1.807, 2.05) is 0 Å². The van der Waals surface area contributed by atoms with Crippen molar-refractivity contribution >= 4 is 0 Å². The highest BCUT2D eigenvalue weighted by Gasteiger charge is 2.24. The number of piperidine rings is 2. The van der Waals surface area contributed by atoms with Crippen molar-refractivity contribution in [3.8, 4) is 11.5 Å². The Kier molecular flexibility index (Phi) is 12.8. The molecule has 0 amide bonds. The molecule has 1 aliphatic carbocycles. The third-order valence-corrected chi connectivity index (χ3v) is 10.0. The minimum absolute atomic E-state index is 0.462. The van der Waals surface area contributed by atoms with Crippen LogP contribution in [0.15, 0.2) is 60.7 Å². The molecule has 0 spiro atoms. The van der Waals surface area contributed by atoms with Gasteiger partial charge in [-0.2, -0.15) is 10.2 Å². The van der Waals surface area contributed by atoms with Crippen LogP contribution < -0.4 is 20.1 Å². The number of aromatic nitrogens is 4. The smallest absolute Gasteiger partial charge is 0.119 e. The molecule has 0 radical (unpaired) electrons. The zero-order valence-corrected chi connectivity index (χ0v) is 30.1. The van der Waals surface area contributed by atoms with Crippen molar-refractivity contribution in [1.82, 2.24) is 30.2 Å². The standard InChI is InChI=1S/C21H31N3O.C20H27N3O/c1-3-5-14-25-20-8-6-17(7-9-20)15-19-16-21(24(4-2)23-19)18-10-12-22-13-11-18;1-2-23-20(16-9-11-21-12-10-16)14-17(22-23)13-15-3-5-18(6-4-15)24-19-7-8-19/h6-9,16,18,22H,3-5,10-15H2,1-2H3;3-6,14,16,19,21H,2,7-13H2,1H3.